The molecular formula is C6H2Br2N2O4. The molecule has 0 bridgehead atoms. The number of benzene rings is 1. The van der Waals surface area contributed by atoms with Crippen LogP contribution in [0, 0.1) is 20.2 Å². The Morgan fingerprint density at radius 1 is 1.07 bits per heavy atom. The summed E-state index contributed by atoms with van der Waals surface area (Å²) in [6, 6.07) is 2.45. The zero-order valence-corrected chi connectivity index (χ0v) is 9.61. The average molecular weight is 326 g/mol. The first kappa shape index (κ1) is 11.1. The van der Waals surface area contributed by atoms with E-state index in [2.05, 4.69) is 31.9 Å². The van der Waals surface area contributed by atoms with Crippen LogP contribution in [0.25, 0.3) is 0 Å². The zero-order chi connectivity index (χ0) is 10.9. The average Bonchev–Trinajstić information content (AvgIpc) is 2.08. The van der Waals surface area contributed by atoms with Gasteiger partial charge in [0.1, 0.15) is 4.47 Å². The summed E-state index contributed by atoms with van der Waals surface area (Å²) < 4.78 is 0.464. The molecule has 1 aromatic rings. The van der Waals surface area contributed by atoms with Crippen LogP contribution in [0.3, 0.4) is 0 Å². The number of nitro groups is 2. The molecule has 8 heteroatoms. The molecule has 0 fully saturated rings. The Morgan fingerprint density at radius 3 is 2.07 bits per heavy atom. The van der Waals surface area contributed by atoms with E-state index in [4.69, 9.17) is 0 Å². The largest absolute Gasteiger partial charge is 0.361 e. The predicted molar refractivity (Wildman–Crippen MR) is 55.2 cm³/mol. The summed E-state index contributed by atoms with van der Waals surface area (Å²) in [7, 11) is 0. The molecule has 0 atom stereocenters. The molecule has 0 aliphatic rings. The van der Waals surface area contributed by atoms with Crippen molar-refractivity contribution in [3.63, 3.8) is 0 Å². The second-order valence-corrected chi connectivity index (χ2v) is 3.89. The number of nitro benzene ring substituents is 2. The first-order valence-electron chi connectivity index (χ1n) is 3.22. The van der Waals surface area contributed by atoms with Crippen molar-refractivity contribution in [1.29, 1.82) is 0 Å². The summed E-state index contributed by atoms with van der Waals surface area (Å²) in [6.45, 7) is 0. The molecule has 0 radical (unpaired) electrons. The van der Waals surface area contributed by atoms with Crippen molar-refractivity contribution >= 4 is 43.2 Å². The van der Waals surface area contributed by atoms with Crippen LogP contribution in [0.15, 0.2) is 21.1 Å². The Bertz CT molecular complexity index is 421. The summed E-state index contributed by atoms with van der Waals surface area (Å²) in [5, 5.41) is 21.0. The lowest BCUT2D eigenvalue weighted by Crippen LogP contribution is -1.97. The van der Waals surface area contributed by atoms with Crippen molar-refractivity contribution in [1.82, 2.24) is 0 Å². The van der Waals surface area contributed by atoms with Gasteiger partial charge in [-0.1, -0.05) is 0 Å². The molecule has 0 aromatic heterocycles. The minimum absolute atomic E-state index is 0.0664. The second-order valence-electron chi connectivity index (χ2n) is 2.24. The van der Waals surface area contributed by atoms with Gasteiger partial charge in [-0.25, -0.2) is 0 Å². The van der Waals surface area contributed by atoms with Crippen LogP contribution in [0.5, 0.6) is 0 Å². The van der Waals surface area contributed by atoms with Crippen LogP contribution in [0.1, 0.15) is 0 Å². The molecule has 0 saturated heterocycles. The van der Waals surface area contributed by atoms with Gasteiger partial charge in [0.15, 0.2) is 0 Å². The molecule has 0 aliphatic heterocycles. The molecule has 14 heavy (non-hydrogen) atoms. The van der Waals surface area contributed by atoms with Crippen molar-refractivity contribution in [2.75, 3.05) is 0 Å². The summed E-state index contributed by atoms with van der Waals surface area (Å²) >= 11 is 5.93. The minimum atomic E-state index is -0.799. The van der Waals surface area contributed by atoms with Gasteiger partial charge in [-0.15, -0.1) is 0 Å². The Morgan fingerprint density at radius 2 is 1.64 bits per heavy atom. The fourth-order valence-electron chi connectivity index (χ4n) is 0.851. The zero-order valence-electron chi connectivity index (χ0n) is 6.44. The first-order chi connectivity index (χ1) is 6.45. The van der Waals surface area contributed by atoms with Crippen LogP contribution in [-0.2, 0) is 0 Å². The molecule has 0 heterocycles. The van der Waals surface area contributed by atoms with E-state index in [1.807, 2.05) is 0 Å². The van der Waals surface area contributed by atoms with Crippen molar-refractivity contribution in [3.05, 3.63) is 41.3 Å². The molecule has 1 aromatic carbocycles. The van der Waals surface area contributed by atoms with Crippen LogP contribution in [-0.4, -0.2) is 9.85 Å². The molecule has 0 unspecified atom stereocenters. The van der Waals surface area contributed by atoms with Gasteiger partial charge in [-0.05, 0) is 37.9 Å². The summed E-state index contributed by atoms with van der Waals surface area (Å²) in [4.78, 5) is 19.4. The number of hydrogen-bond donors (Lipinski definition) is 0. The van der Waals surface area contributed by atoms with Crippen LogP contribution in [0.4, 0.5) is 11.4 Å². The Hall–Kier alpha value is -1.02. The lowest BCUT2D eigenvalue weighted by molar-refractivity contribution is -0.423. The van der Waals surface area contributed by atoms with E-state index in [1.165, 1.54) is 6.07 Å². The molecule has 6 nitrogen and oxygen atoms in total. The Kier molecular flexibility index (Phi) is 3.17. The van der Waals surface area contributed by atoms with Crippen molar-refractivity contribution in [2.45, 2.75) is 0 Å². The number of halogens is 2. The monoisotopic (exact) mass is 324 g/mol. The van der Waals surface area contributed by atoms with Gasteiger partial charge in [0.2, 0.25) is 0 Å². The summed E-state index contributed by atoms with van der Waals surface area (Å²) in [5.74, 6) is 0. The van der Waals surface area contributed by atoms with Crippen LogP contribution >= 0.6 is 31.9 Å². The van der Waals surface area contributed by atoms with E-state index in [0.717, 1.165) is 6.07 Å². The lowest BCUT2D eigenvalue weighted by atomic mass is 10.3. The van der Waals surface area contributed by atoms with E-state index < -0.39 is 21.2 Å². The molecule has 0 spiro atoms. The standard InChI is InChI=1S/C6H2Br2N2O4/c7-3-1-2-4(9(11)12)6(5(3)8)10(13)14/h1-2H. The van der Waals surface area contributed by atoms with Crippen LogP contribution < -0.4 is 0 Å². The fourth-order valence-corrected chi connectivity index (χ4v) is 1.65. The smallest absolute Gasteiger partial charge is 0.258 e. The predicted octanol–water partition coefficient (Wildman–Crippen LogP) is 3.03. The maximum absolute atomic E-state index is 10.5. The van der Waals surface area contributed by atoms with Gasteiger partial charge in [-0.3, -0.25) is 20.2 Å². The maximum atomic E-state index is 10.5. The number of hydrogen-bond acceptors (Lipinski definition) is 4. The van der Waals surface area contributed by atoms with Crippen molar-refractivity contribution in [2.24, 2.45) is 0 Å². The summed E-state index contributed by atoms with van der Waals surface area (Å²) in [6.07, 6.45) is 0. The van der Waals surface area contributed by atoms with Gasteiger partial charge in [0, 0.05) is 10.5 Å². The number of rotatable bonds is 2. The highest BCUT2D eigenvalue weighted by Gasteiger charge is 2.28. The minimum Gasteiger partial charge on any atom is -0.258 e. The Balaban J connectivity index is 3.53. The van der Waals surface area contributed by atoms with Gasteiger partial charge < -0.3 is 0 Å². The van der Waals surface area contributed by atoms with Crippen molar-refractivity contribution < 1.29 is 9.85 Å². The molecular weight excluding hydrogens is 324 g/mol. The van der Waals surface area contributed by atoms with Gasteiger partial charge in [-0.2, -0.15) is 0 Å². The molecule has 0 N–H and O–H groups in total. The topological polar surface area (TPSA) is 86.3 Å². The third kappa shape index (κ3) is 1.90. The summed E-state index contributed by atoms with van der Waals surface area (Å²) in [5.41, 5.74) is -1.09. The van der Waals surface area contributed by atoms with Gasteiger partial charge >= 0.3 is 11.4 Å². The normalized spacial score (nSPS) is 9.86. The first-order valence-corrected chi connectivity index (χ1v) is 4.80. The van der Waals surface area contributed by atoms with Gasteiger partial charge in [0.05, 0.1) is 9.85 Å². The Labute approximate surface area is 94.5 Å². The molecule has 1 rings (SSSR count). The van der Waals surface area contributed by atoms with Crippen LogP contribution in [0.2, 0.25) is 0 Å². The number of nitrogens with zero attached hydrogens (tertiary/aromatic N) is 2. The highest BCUT2D eigenvalue weighted by molar-refractivity contribution is 9.13. The van der Waals surface area contributed by atoms with E-state index in [0.29, 0.717) is 4.47 Å². The van der Waals surface area contributed by atoms with Gasteiger partial charge in [0.25, 0.3) is 0 Å². The molecule has 74 valence electrons. The molecule has 0 aliphatic carbocycles. The van der Waals surface area contributed by atoms with E-state index in [-0.39, 0.29) is 4.47 Å². The maximum Gasteiger partial charge on any atom is 0.361 e. The quantitative estimate of drug-likeness (QED) is 0.617. The lowest BCUT2D eigenvalue weighted by Gasteiger charge is -1.98. The third-order valence-corrected chi connectivity index (χ3v) is 3.42. The van der Waals surface area contributed by atoms with E-state index in [1.54, 1.807) is 0 Å². The SMILES string of the molecule is O=[N+]([O-])c1ccc(Br)c(Br)c1[N+](=O)[O-]. The van der Waals surface area contributed by atoms with E-state index >= 15 is 0 Å². The van der Waals surface area contributed by atoms with E-state index in [9.17, 15) is 20.2 Å². The van der Waals surface area contributed by atoms with Crippen molar-refractivity contribution in [3.8, 4) is 0 Å². The molecule has 0 amide bonds. The highest BCUT2D eigenvalue weighted by Crippen LogP contribution is 2.39. The molecule has 0 saturated carbocycles. The second kappa shape index (κ2) is 4.01. The fraction of sp³-hybridized carbons (Fsp3) is 0. The highest BCUT2D eigenvalue weighted by atomic mass is 79.9. The third-order valence-electron chi connectivity index (χ3n) is 1.43.